The van der Waals surface area contributed by atoms with E-state index in [0.29, 0.717) is 5.75 Å². The van der Waals surface area contributed by atoms with Crippen molar-refractivity contribution >= 4 is 7.52 Å². The zero-order valence-corrected chi connectivity index (χ0v) is 10.9. The third kappa shape index (κ3) is 1.37. The molecule has 4 nitrogen and oxygen atoms in total. The number of fused-ring (bicyclic) bond motifs is 3. The van der Waals surface area contributed by atoms with Crippen LogP contribution in [-0.2, 0) is 4.57 Å². The van der Waals surface area contributed by atoms with Crippen LogP contribution < -0.4 is 4.52 Å². The number of benzene rings is 1. The average molecular weight is 248 g/mol. The van der Waals surface area contributed by atoms with Crippen molar-refractivity contribution in [3.8, 4) is 17.1 Å². The molecule has 0 N–H and O–H groups in total. The van der Waals surface area contributed by atoms with E-state index in [-0.39, 0.29) is 0 Å². The fourth-order valence-corrected chi connectivity index (χ4v) is 3.96. The van der Waals surface area contributed by atoms with Gasteiger partial charge >= 0.3 is 7.52 Å². The summed E-state index contributed by atoms with van der Waals surface area (Å²) in [6.07, 6.45) is 0. The van der Waals surface area contributed by atoms with Crippen LogP contribution in [0.5, 0.6) is 5.75 Å². The lowest BCUT2D eigenvalue weighted by Crippen LogP contribution is -2.11. The average Bonchev–Trinajstić information content (AvgIpc) is 2.56. The van der Waals surface area contributed by atoms with E-state index in [0.717, 1.165) is 22.8 Å². The van der Waals surface area contributed by atoms with Crippen LogP contribution in [-0.4, -0.2) is 16.0 Å². The Kier molecular flexibility index (Phi) is 2.02. The fraction of sp³-hybridized carbons (Fsp3) is 0.250. The number of hydrogen-bond donors (Lipinski definition) is 0. The summed E-state index contributed by atoms with van der Waals surface area (Å²) in [7, 11) is -2.87. The predicted octanol–water partition coefficient (Wildman–Crippen LogP) is 3.23. The quantitative estimate of drug-likeness (QED) is 0.672. The molecule has 0 fully saturated rings. The molecule has 1 aromatic heterocycles. The SMILES string of the molecule is Cc1nc2n(c1C)P(C)(=O)Oc1ccccc1-2. The Bertz CT molecular complexity index is 661. The van der Waals surface area contributed by atoms with Gasteiger partial charge in [0.25, 0.3) is 0 Å². The lowest BCUT2D eigenvalue weighted by atomic mass is 10.2. The molecule has 0 spiro atoms. The Labute approximate surface area is 99.8 Å². The van der Waals surface area contributed by atoms with Crippen molar-refractivity contribution in [3.63, 3.8) is 0 Å². The number of para-hydroxylation sites is 1. The fourth-order valence-electron chi connectivity index (χ4n) is 2.17. The number of hydrogen-bond acceptors (Lipinski definition) is 3. The van der Waals surface area contributed by atoms with Gasteiger partial charge in [0.15, 0.2) is 5.82 Å². The monoisotopic (exact) mass is 248 g/mol. The molecule has 0 aliphatic carbocycles. The molecular formula is C12H13N2O2P. The van der Waals surface area contributed by atoms with Gasteiger partial charge in [-0.3, -0.25) is 4.57 Å². The summed E-state index contributed by atoms with van der Waals surface area (Å²) in [6.45, 7) is 5.46. The van der Waals surface area contributed by atoms with Crippen molar-refractivity contribution in [1.29, 1.82) is 0 Å². The minimum Gasteiger partial charge on any atom is -0.428 e. The van der Waals surface area contributed by atoms with Gasteiger partial charge in [-0.2, -0.15) is 0 Å². The van der Waals surface area contributed by atoms with Crippen LogP contribution in [0, 0.1) is 13.8 Å². The third-order valence-corrected chi connectivity index (χ3v) is 4.83. The molecule has 1 unspecified atom stereocenters. The Balaban J connectivity index is 2.41. The first kappa shape index (κ1) is 10.6. The van der Waals surface area contributed by atoms with E-state index >= 15 is 0 Å². The maximum atomic E-state index is 12.6. The third-order valence-electron chi connectivity index (χ3n) is 3.07. The number of aromatic nitrogens is 2. The van der Waals surface area contributed by atoms with Gasteiger partial charge in [-0.25, -0.2) is 9.32 Å². The van der Waals surface area contributed by atoms with Crippen LogP contribution in [0.3, 0.4) is 0 Å². The van der Waals surface area contributed by atoms with Gasteiger partial charge in [0.1, 0.15) is 5.75 Å². The van der Waals surface area contributed by atoms with Crippen molar-refractivity contribution < 1.29 is 9.09 Å². The molecule has 2 heterocycles. The van der Waals surface area contributed by atoms with E-state index in [2.05, 4.69) is 4.98 Å². The lowest BCUT2D eigenvalue weighted by Gasteiger charge is -2.26. The highest BCUT2D eigenvalue weighted by molar-refractivity contribution is 7.57. The van der Waals surface area contributed by atoms with Crippen LogP contribution >= 0.6 is 7.52 Å². The molecule has 1 aliphatic heterocycles. The van der Waals surface area contributed by atoms with Gasteiger partial charge in [-0.15, -0.1) is 0 Å². The predicted molar refractivity (Wildman–Crippen MR) is 66.7 cm³/mol. The van der Waals surface area contributed by atoms with Crippen LogP contribution in [0.1, 0.15) is 11.4 Å². The van der Waals surface area contributed by atoms with Crippen molar-refractivity contribution in [2.24, 2.45) is 0 Å². The summed E-state index contributed by atoms with van der Waals surface area (Å²) >= 11 is 0. The topological polar surface area (TPSA) is 44.1 Å². The summed E-state index contributed by atoms with van der Waals surface area (Å²) < 4.78 is 19.9. The summed E-state index contributed by atoms with van der Waals surface area (Å²) in [5.74, 6) is 1.39. The summed E-state index contributed by atoms with van der Waals surface area (Å²) in [5.41, 5.74) is 2.69. The minimum atomic E-state index is -2.87. The second-order valence-corrected chi connectivity index (χ2v) is 6.50. The standard InChI is InChI=1S/C12H13N2O2P/c1-8-9(2)14-12(13-8)10-6-4-5-7-11(10)16-17(14,3)15/h4-7H,1-3H3. The highest BCUT2D eigenvalue weighted by atomic mass is 31.2. The number of imidazole rings is 1. The van der Waals surface area contributed by atoms with Crippen LogP contribution in [0.2, 0.25) is 0 Å². The van der Waals surface area contributed by atoms with Gasteiger partial charge in [0.2, 0.25) is 0 Å². The summed E-state index contributed by atoms with van der Waals surface area (Å²) in [4.78, 5) is 4.50. The normalized spacial score (nSPS) is 21.6. The van der Waals surface area contributed by atoms with Crippen molar-refractivity contribution in [2.45, 2.75) is 13.8 Å². The number of rotatable bonds is 0. The molecule has 0 saturated carbocycles. The van der Waals surface area contributed by atoms with Gasteiger partial charge in [0.05, 0.1) is 11.3 Å². The molecule has 0 bridgehead atoms. The van der Waals surface area contributed by atoms with E-state index < -0.39 is 7.52 Å². The highest BCUT2D eigenvalue weighted by Gasteiger charge is 2.34. The molecule has 0 radical (unpaired) electrons. The molecule has 88 valence electrons. The van der Waals surface area contributed by atoms with Crippen LogP contribution in [0.4, 0.5) is 0 Å². The Morgan fingerprint density at radius 3 is 2.76 bits per heavy atom. The first-order valence-electron chi connectivity index (χ1n) is 5.44. The first-order chi connectivity index (χ1) is 8.00. The maximum absolute atomic E-state index is 12.6. The van der Waals surface area contributed by atoms with Crippen LogP contribution in [0.25, 0.3) is 11.4 Å². The van der Waals surface area contributed by atoms with E-state index in [4.69, 9.17) is 4.52 Å². The smallest absolute Gasteiger partial charge is 0.346 e. The van der Waals surface area contributed by atoms with E-state index in [1.165, 1.54) is 0 Å². The zero-order chi connectivity index (χ0) is 12.2. The largest absolute Gasteiger partial charge is 0.428 e. The van der Waals surface area contributed by atoms with Crippen molar-refractivity contribution in [2.75, 3.05) is 6.66 Å². The van der Waals surface area contributed by atoms with E-state index in [1.807, 2.05) is 38.1 Å². The molecule has 3 rings (SSSR count). The molecule has 1 aromatic carbocycles. The van der Waals surface area contributed by atoms with Gasteiger partial charge in [0, 0.05) is 12.4 Å². The maximum Gasteiger partial charge on any atom is 0.346 e. The molecule has 0 amide bonds. The molecule has 2 aromatic rings. The Hall–Kier alpha value is -1.54. The van der Waals surface area contributed by atoms with Crippen molar-refractivity contribution in [1.82, 2.24) is 9.32 Å². The van der Waals surface area contributed by atoms with Crippen LogP contribution in [0.15, 0.2) is 24.3 Å². The highest BCUT2D eigenvalue weighted by Crippen LogP contribution is 2.55. The molecule has 1 atom stereocenters. The van der Waals surface area contributed by atoms with E-state index in [9.17, 15) is 4.57 Å². The number of nitrogens with zero attached hydrogens (tertiary/aromatic N) is 2. The Morgan fingerprint density at radius 2 is 2.00 bits per heavy atom. The zero-order valence-electron chi connectivity index (χ0n) is 9.97. The lowest BCUT2D eigenvalue weighted by molar-refractivity contribution is 0.473. The molecule has 1 aliphatic rings. The Morgan fingerprint density at radius 1 is 1.29 bits per heavy atom. The van der Waals surface area contributed by atoms with Gasteiger partial charge in [-0.05, 0) is 26.0 Å². The number of aryl methyl sites for hydroxylation is 1. The van der Waals surface area contributed by atoms with Crippen molar-refractivity contribution in [3.05, 3.63) is 35.7 Å². The van der Waals surface area contributed by atoms with Gasteiger partial charge < -0.3 is 4.52 Å². The summed E-state index contributed by atoms with van der Waals surface area (Å²) in [5, 5.41) is 0. The minimum absolute atomic E-state index is 0.649. The van der Waals surface area contributed by atoms with Gasteiger partial charge in [-0.1, -0.05) is 12.1 Å². The second kappa shape index (κ2) is 3.23. The first-order valence-corrected chi connectivity index (χ1v) is 7.46. The second-order valence-electron chi connectivity index (χ2n) is 4.31. The molecular weight excluding hydrogens is 235 g/mol. The molecule has 17 heavy (non-hydrogen) atoms. The summed E-state index contributed by atoms with van der Waals surface area (Å²) in [6, 6.07) is 7.56. The molecule has 5 heteroatoms. The van der Waals surface area contributed by atoms with E-state index in [1.54, 1.807) is 11.0 Å². The molecule has 0 saturated heterocycles.